The minimum Gasteiger partial charge on any atom is -0.325 e. The van der Waals surface area contributed by atoms with Crippen molar-refractivity contribution in [3.63, 3.8) is 0 Å². The van der Waals surface area contributed by atoms with Crippen LogP contribution in [-0.4, -0.2) is 19.9 Å². The fourth-order valence-corrected chi connectivity index (χ4v) is 2.96. The second-order valence-electron chi connectivity index (χ2n) is 4.87. The van der Waals surface area contributed by atoms with Crippen LogP contribution in [0.5, 0.6) is 0 Å². The van der Waals surface area contributed by atoms with Crippen molar-refractivity contribution in [1.29, 1.82) is 0 Å². The molecule has 1 saturated carbocycles. The Morgan fingerprint density at radius 1 is 1.44 bits per heavy atom. The molecule has 0 aliphatic heterocycles. The molecule has 1 fully saturated rings. The Kier molecular flexibility index (Phi) is 3.70. The topological polar surface area (TPSA) is 85.1 Å². The predicted molar refractivity (Wildman–Crippen MR) is 69.3 cm³/mol. The van der Waals surface area contributed by atoms with Gasteiger partial charge in [0.25, 0.3) is 0 Å². The van der Waals surface area contributed by atoms with Crippen LogP contribution in [0.25, 0.3) is 0 Å². The summed E-state index contributed by atoms with van der Waals surface area (Å²) >= 11 is 0. The molecule has 2 rings (SSSR count). The molecule has 18 heavy (non-hydrogen) atoms. The minimum atomic E-state index is -3.44. The number of pyridine rings is 1. The van der Waals surface area contributed by atoms with Crippen molar-refractivity contribution in [3.05, 3.63) is 24.0 Å². The second kappa shape index (κ2) is 4.95. The van der Waals surface area contributed by atoms with Gasteiger partial charge in [0.2, 0.25) is 10.0 Å². The molecule has 0 amide bonds. The number of nitrogens with zero attached hydrogens (tertiary/aromatic N) is 1. The molecule has 0 aromatic carbocycles. The van der Waals surface area contributed by atoms with Gasteiger partial charge < -0.3 is 5.73 Å². The van der Waals surface area contributed by atoms with Crippen LogP contribution in [0.1, 0.15) is 31.9 Å². The van der Waals surface area contributed by atoms with Gasteiger partial charge >= 0.3 is 0 Å². The number of aromatic nitrogens is 1. The number of nitrogens with two attached hydrogens (primary N) is 1. The highest BCUT2D eigenvalue weighted by Crippen LogP contribution is 2.48. The second-order valence-corrected chi connectivity index (χ2v) is 6.63. The number of hydrogen-bond acceptors (Lipinski definition) is 4. The predicted octanol–water partition coefficient (Wildman–Crippen LogP) is 1.01. The van der Waals surface area contributed by atoms with E-state index in [1.807, 2.05) is 0 Å². The van der Waals surface area contributed by atoms with Gasteiger partial charge in [0.05, 0.1) is 5.69 Å². The fraction of sp³-hybridized carbons (Fsp3) is 0.583. The molecule has 1 aliphatic carbocycles. The van der Waals surface area contributed by atoms with E-state index in [2.05, 4.69) is 16.6 Å². The zero-order chi connectivity index (χ0) is 13.2. The van der Waals surface area contributed by atoms with Crippen molar-refractivity contribution >= 4 is 10.0 Å². The zero-order valence-electron chi connectivity index (χ0n) is 10.5. The third-order valence-corrected chi connectivity index (χ3v) is 5.05. The van der Waals surface area contributed by atoms with Crippen LogP contribution in [0.2, 0.25) is 0 Å². The normalized spacial score (nSPS) is 17.7. The lowest BCUT2D eigenvalue weighted by atomic mass is 10.1. The average Bonchev–Trinajstić information content (AvgIpc) is 3.17. The average molecular weight is 269 g/mol. The lowest BCUT2D eigenvalue weighted by Crippen LogP contribution is -2.30. The van der Waals surface area contributed by atoms with E-state index in [4.69, 9.17) is 5.73 Å². The minimum absolute atomic E-state index is 0.192. The summed E-state index contributed by atoms with van der Waals surface area (Å²) in [4.78, 5) is 4.20. The summed E-state index contributed by atoms with van der Waals surface area (Å²) in [6.45, 7) is 2.93. The molecule has 1 aromatic rings. The van der Waals surface area contributed by atoms with Gasteiger partial charge in [-0.3, -0.25) is 4.98 Å². The van der Waals surface area contributed by atoms with E-state index in [1.54, 1.807) is 12.1 Å². The maximum atomic E-state index is 12.0. The van der Waals surface area contributed by atoms with Crippen LogP contribution in [0, 0.1) is 5.41 Å². The number of rotatable bonds is 6. The molecule has 3 N–H and O–H groups in total. The Hall–Kier alpha value is -0.980. The summed E-state index contributed by atoms with van der Waals surface area (Å²) in [5, 5.41) is 0. The summed E-state index contributed by atoms with van der Waals surface area (Å²) in [6, 6.07) is 3.18. The number of nitrogens with one attached hydrogen (secondary N) is 1. The van der Waals surface area contributed by atoms with Crippen LogP contribution in [-0.2, 0) is 16.6 Å². The fourth-order valence-electron chi connectivity index (χ4n) is 1.85. The SMILES string of the molecule is CCC1(CNS(=O)(=O)c2ccc(CN)nc2)CC1. The first kappa shape index (κ1) is 13.5. The molecule has 0 atom stereocenters. The molecular weight excluding hydrogens is 250 g/mol. The third kappa shape index (κ3) is 2.88. The van der Waals surface area contributed by atoms with Gasteiger partial charge in [-0.25, -0.2) is 13.1 Å². The molecule has 0 saturated heterocycles. The molecule has 6 heteroatoms. The Morgan fingerprint density at radius 3 is 2.61 bits per heavy atom. The lowest BCUT2D eigenvalue weighted by Gasteiger charge is -2.13. The van der Waals surface area contributed by atoms with Crippen LogP contribution in [0.4, 0.5) is 0 Å². The van der Waals surface area contributed by atoms with Gasteiger partial charge in [0.1, 0.15) is 4.90 Å². The maximum absolute atomic E-state index is 12.0. The van der Waals surface area contributed by atoms with Crippen molar-refractivity contribution in [1.82, 2.24) is 9.71 Å². The van der Waals surface area contributed by atoms with E-state index >= 15 is 0 Å². The molecule has 1 heterocycles. The van der Waals surface area contributed by atoms with E-state index in [9.17, 15) is 8.42 Å². The smallest absolute Gasteiger partial charge is 0.242 e. The van der Waals surface area contributed by atoms with E-state index in [1.165, 1.54) is 6.20 Å². The van der Waals surface area contributed by atoms with Crippen molar-refractivity contribution < 1.29 is 8.42 Å². The van der Waals surface area contributed by atoms with Gasteiger partial charge in [0.15, 0.2) is 0 Å². The third-order valence-electron chi connectivity index (χ3n) is 3.66. The molecule has 1 aliphatic rings. The Labute approximate surface area is 108 Å². The molecular formula is C12H19N3O2S. The van der Waals surface area contributed by atoms with Gasteiger partial charge in [-0.2, -0.15) is 0 Å². The van der Waals surface area contributed by atoms with Gasteiger partial charge in [-0.05, 0) is 36.8 Å². The van der Waals surface area contributed by atoms with Gasteiger partial charge in [0, 0.05) is 19.3 Å². The summed E-state index contributed by atoms with van der Waals surface area (Å²) in [5.74, 6) is 0. The van der Waals surface area contributed by atoms with Crippen LogP contribution in [0.3, 0.4) is 0 Å². The summed E-state index contributed by atoms with van der Waals surface area (Å²) in [5.41, 5.74) is 6.30. The first-order valence-electron chi connectivity index (χ1n) is 6.16. The van der Waals surface area contributed by atoms with Gasteiger partial charge in [-0.15, -0.1) is 0 Å². The monoisotopic (exact) mass is 269 g/mol. The first-order valence-corrected chi connectivity index (χ1v) is 7.64. The molecule has 1 aromatic heterocycles. The Bertz CT molecular complexity index is 507. The standard InChI is InChI=1S/C12H19N3O2S/c1-2-12(5-6-12)9-15-18(16,17)11-4-3-10(7-13)14-8-11/h3-4,8,15H,2,5-7,9,13H2,1H3. The largest absolute Gasteiger partial charge is 0.325 e. The summed E-state index contributed by atoms with van der Waals surface area (Å²) < 4.78 is 26.7. The van der Waals surface area contributed by atoms with Crippen LogP contribution in [0.15, 0.2) is 23.2 Å². The Balaban J connectivity index is 2.05. The highest BCUT2D eigenvalue weighted by atomic mass is 32.2. The van der Waals surface area contributed by atoms with E-state index in [0.29, 0.717) is 18.8 Å². The first-order chi connectivity index (χ1) is 8.51. The molecule has 100 valence electrons. The van der Waals surface area contributed by atoms with E-state index in [-0.39, 0.29) is 10.3 Å². The van der Waals surface area contributed by atoms with Gasteiger partial charge in [-0.1, -0.05) is 6.92 Å². The quantitative estimate of drug-likeness (QED) is 0.807. The van der Waals surface area contributed by atoms with Crippen LogP contribution >= 0.6 is 0 Å². The molecule has 0 radical (unpaired) electrons. The highest BCUT2D eigenvalue weighted by Gasteiger charge is 2.41. The van der Waals surface area contributed by atoms with Crippen molar-refractivity contribution in [2.24, 2.45) is 11.1 Å². The van der Waals surface area contributed by atoms with E-state index in [0.717, 1.165) is 19.3 Å². The molecule has 0 bridgehead atoms. The highest BCUT2D eigenvalue weighted by molar-refractivity contribution is 7.89. The summed E-state index contributed by atoms with van der Waals surface area (Å²) in [7, 11) is -3.44. The molecule has 0 spiro atoms. The molecule has 5 nitrogen and oxygen atoms in total. The van der Waals surface area contributed by atoms with E-state index < -0.39 is 10.0 Å². The zero-order valence-corrected chi connectivity index (χ0v) is 11.3. The molecule has 0 unspecified atom stereocenters. The van der Waals surface area contributed by atoms with Crippen molar-refractivity contribution in [3.8, 4) is 0 Å². The number of hydrogen-bond donors (Lipinski definition) is 2. The van der Waals surface area contributed by atoms with Crippen LogP contribution < -0.4 is 10.5 Å². The number of sulfonamides is 1. The maximum Gasteiger partial charge on any atom is 0.242 e. The lowest BCUT2D eigenvalue weighted by molar-refractivity contribution is 0.475. The van der Waals surface area contributed by atoms with Crippen molar-refractivity contribution in [2.75, 3.05) is 6.54 Å². The Morgan fingerprint density at radius 2 is 2.17 bits per heavy atom. The van der Waals surface area contributed by atoms with Crippen molar-refractivity contribution in [2.45, 2.75) is 37.6 Å². The summed E-state index contributed by atoms with van der Waals surface area (Å²) in [6.07, 6.45) is 4.59.